The highest BCUT2D eigenvalue weighted by atomic mass is 35.5. The molecule has 2 aromatic carbocycles. The van der Waals surface area contributed by atoms with Crippen molar-refractivity contribution >= 4 is 23.4 Å². The average molecular weight is 397 g/mol. The number of hydrogen-bond acceptors (Lipinski definition) is 5. The quantitative estimate of drug-likeness (QED) is 0.407. The number of thioether (sulfide) groups is 1. The number of hydrogen-bond donors (Lipinski definition) is 0. The van der Waals surface area contributed by atoms with Gasteiger partial charge in [-0.2, -0.15) is 0 Å². The summed E-state index contributed by atoms with van der Waals surface area (Å²) in [7, 11) is 0. The van der Waals surface area contributed by atoms with Gasteiger partial charge in [-0.1, -0.05) is 72.8 Å². The Balaban J connectivity index is 1.73. The van der Waals surface area contributed by atoms with Crippen molar-refractivity contribution in [2.24, 2.45) is 0 Å². The number of rotatable bonds is 6. The van der Waals surface area contributed by atoms with Crippen LogP contribution in [0.4, 0.5) is 0 Å². The Morgan fingerprint density at radius 2 is 1.74 bits per heavy atom. The zero-order chi connectivity index (χ0) is 18.6. The van der Waals surface area contributed by atoms with Crippen molar-refractivity contribution in [3.63, 3.8) is 0 Å². The fourth-order valence-corrected chi connectivity index (χ4v) is 3.77. The molecule has 0 aliphatic carbocycles. The van der Waals surface area contributed by atoms with Crippen LogP contribution in [0.3, 0.4) is 0 Å². The number of nitrogens with zero attached hydrogens (tertiary/aromatic N) is 4. The van der Waals surface area contributed by atoms with Crippen molar-refractivity contribution in [3.05, 3.63) is 77.6 Å². The van der Waals surface area contributed by atoms with E-state index in [0.717, 1.165) is 28.5 Å². The van der Waals surface area contributed by atoms with Gasteiger partial charge in [0, 0.05) is 12.0 Å². The van der Waals surface area contributed by atoms with E-state index in [4.69, 9.17) is 16.0 Å². The molecule has 136 valence electrons. The first kappa shape index (κ1) is 17.8. The minimum atomic E-state index is 0.544. The fourth-order valence-electron chi connectivity index (χ4n) is 2.73. The summed E-state index contributed by atoms with van der Waals surface area (Å²) in [5.41, 5.74) is 2.94. The Hall–Kier alpha value is -2.57. The largest absolute Gasteiger partial charge is 0.424 e. The van der Waals surface area contributed by atoms with E-state index in [0.29, 0.717) is 22.6 Å². The lowest BCUT2D eigenvalue weighted by Crippen LogP contribution is -2.00. The zero-order valence-corrected chi connectivity index (χ0v) is 16.2. The van der Waals surface area contributed by atoms with Crippen LogP contribution in [0.1, 0.15) is 18.7 Å². The average Bonchev–Trinajstić information content (AvgIpc) is 3.34. The highest BCUT2D eigenvalue weighted by Crippen LogP contribution is 2.33. The lowest BCUT2D eigenvalue weighted by Gasteiger charge is -2.13. The molecule has 0 spiro atoms. The van der Waals surface area contributed by atoms with Crippen LogP contribution in [-0.4, -0.2) is 19.7 Å². The number of aryl methyl sites for hydroxylation is 1. The van der Waals surface area contributed by atoms with Gasteiger partial charge in [-0.15, -0.1) is 10.2 Å². The molecule has 7 heteroatoms. The zero-order valence-electron chi connectivity index (χ0n) is 14.7. The van der Waals surface area contributed by atoms with Gasteiger partial charge in [0.1, 0.15) is 0 Å². The van der Waals surface area contributed by atoms with Gasteiger partial charge in [0.15, 0.2) is 5.16 Å². The molecule has 4 rings (SSSR count). The van der Waals surface area contributed by atoms with Gasteiger partial charge < -0.3 is 4.42 Å². The standard InChI is InChI=1S/C20H17ClN4OS/c1-2-18-23-24-19(26-18)13-27-20-22-12-17(14-8-4-3-5-9-14)25(20)16-11-7-6-10-15(16)21/h3-12H,2,13H2,1H3. The highest BCUT2D eigenvalue weighted by molar-refractivity contribution is 7.98. The summed E-state index contributed by atoms with van der Waals surface area (Å²) in [6, 6.07) is 17.9. The molecule has 0 aliphatic heterocycles. The van der Waals surface area contributed by atoms with Crippen molar-refractivity contribution in [1.82, 2.24) is 19.7 Å². The Bertz CT molecular complexity index is 1050. The first-order valence-corrected chi connectivity index (χ1v) is 9.94. The molecule has 2 heterocycles. The topological polar surface area (TPSA) is 56.7 Å². The molecule has 2 aromatic heterocycles. The smallest absolute Gasteiger partial charge is 0.226 e. The van der Waals surface area contributed by atoms with Crippen molar-refractivity contribution in [2.75, 3.05) is 0 Å². The second-order valence-electron chi connectivity index (χ2n) is 5.81. The number of benzene rings is 2. The number of aromatic nitrogens is 4. The van der Waals surface area contributed by atoms with Gasteiger partial charge in [-0.25, -0.2) is 4.98 Å². The van der Waals surface area contributed by atoms with Gasteiger partial charge in [-0.3, -0.25) is 4.57 Å². The van der Waals surface area contributed by atoms with Crippen LogP contribution in [0.25, 0.3) is 16.9 Å². The monoisotopic (exact) mass is 396 g/mol. The van der Waals surface area contributed by atoms with Gasteiger partial charge in [0.05, 0.1) is 28.4 Å². The molecule has 27 heavy (non-hydrogen) atoms. The Kier molecular flexibility index (Phi) is 5.27. The summed E-state index contributed by atoms with van der Waals surface area (Å²) < 4.78 is 7.68. The minimum absolute atomic E-state index is 0.544. The van der Waals surface area contributed by atoms with Crippen LogP contribution in [0.5, 0.6) is 0 Å². The second-order valence-corrected chi connectivity index (χ2v) is 7.16. The van der Waals surface area contributed by atoms with E-state index in [1.165, 1.54) is 11.8 Å². The summed E-state index contributed by atoms with van der Waals surface area (Å²) in [5.74, 6) is 1.78. The van der Waals surface area contributed by atoms with Crippen molar-refractivity contribution < 1.29 is 4.42 Å². The van der Waals surface area contributed by atoms with Crippen molar-refractivity contribution in [1.29, 1.82) is 0 Å². The molecule has 0 saturated heterocycles. The maximum atomic E-state index is 6.49. The van der Waals surface area contributed by atoms with Gasteiger partial charge in [-0.05, 0) is 12.1 Å². The normalized spacial score (nSPS) is 11.0. The van der Waals surface area contributed by atoms with E-state index in [-0.39, 0.29) is 0 Å². The predicted octanol–water partition coefficient (Wildman–Crippen LogP) is 5.43. The fraction of sp³-hybridized carbons (Fsp3) is 0.150. The summed E-state index contributed by atoms with van der Waals surface area (Å²) >= 11 is 8.03. The maximum Gasteiger partial charge on any atom is 0.226 e. The summed E-state index contributed by atoms with van der Waals surface area (Å²) in [6.07, 6.45) is 2.59. The summed E-state index contributed by atoms with van der Waals surface area (Å²) in [5, 5.41) is 9.59. The van der Waals surface area contributed by atoms with Crippen LogP contribution in [-0.2, 0) is 12.2 Å². The summed E-state index contributed by atoms with van der Waals surface area (Å²) in [4.78, 5) is 4.63. The van der Waals surface area contributed by atoms with Crippen LogP contribution < -0.4 is 0 Å². The molecule has 0 amide bonds. The second kappa shape index (κ2) is 7.98. The molecule has 0 bridgehead atoms. The molecule has 0 saturated carbocycles. The van der Waals surface area contributed by atoms with Crippen LogP contribution in [0.15, 0.2) is 70.4 Å². The van der Waals surface area contributed by atoms with Crippen molar-refractivity contribution in [3.8, 4) is 16.9 Å². The van der Waals surface area contributed by atoms with E-state index in [1.807, 2.05) is 55.6 Å². The third kappa shape index (κ3) is 3.77. The molecule has 0 aliphatic rings. The van der Waals surface area contributed by atoms with E-state index >= 15 is 0 Å². The van der Waals surface area contributed by atoms with Gasteiger partial charge in [0.25, 0.3) is 0 Å². The van der Waals surface area contributed by atoms with E-state index in [1.54, 1.807) is 0 Å². The Morgan fingerprint density at radius 3 is 2.48 bits per heavy atom. The van der Waals surface area contributed by atoms with Gasteiger partial charge >= 0.3 is 0 Å². The van der Waals surface area contributed by atoms with Gasteiger partial charge in [0.2, 0.25) is 11.8 Å². The molecule has 0 unspecified atom stereocenters. The molecule has 4 aromatic rings. The van der Waals surface area contributed by atoms with Crippen LogP contribution >= 0.6 is 23.4 Å². The van der Waals surface area contributed by atoms with Crippen molar-refractivity contribution in [2.45, 2.75) is 24.3 Å². The Morgan fingerprint density at radius 1 is 1.00 bits per heavy atom. The van der Waals surface area contributed by atoms with Crippen LogP contribution in [0.2, 0.25) is 5.02 Å². The number of halogens is 1. The number of para-hydroxylation sites is 1. The minimum Gasteiger partial charge on any atom is -0.424 e. The third-order valence-corrected chi connectivity index (χ3v) is 5.29. The Labute approximate surface area is 166 Å². The lowest BCUT2D eigenvalue weighted by molar-refractivity contribution is 0.470. The first-order valence-electron chi connectivity index (χ1n) is 8.58. The third-order valence-electron chi connectivity index (χ3n) is 4.03. The predicted molar refractivity (Wildman–Crippen MR) is 107 cm³/mol. The van der Waals surface area contributed by atoms with Crippen LogP contribution in [0, 0.1) is 0 Å². The van der Waals surface area contributed by atoms with E-state index in [2.05, 4.69) is 31.9 Å². The van der Waals surface area contributed by atoms with E-state index < -0.39 is 0 Å². The first-order chi connectivity index (χ1) is 13.3. The molecule has 5 nitrogen and oxygen atoms in total. The highest BCUT2D eigenvalue weighted by Gasteiger charge is 2.17. The SMILES string of the molecule is CCc1nnc(CSc2ncc(-c3ccccc3)n2-c2ccccc2Cl)o1. The molecule has 0 atom stereocenters. The lowest BCUT2D eigenvalue weighted by atomic mass is 10.1. The molecule has 0 N–H and O–H groups in total. The molecule has 0 radical (unpaired) electrons. The molecular weight excluding hydrogens is 380 g/mol. The molecular formula is C20H17ClN4OS. The summed E-state index contributed by atoms with van der Waals surface area (Å²) in [6.45, 7) is 1.99. The molecule has 0 fully saturated rings. The maximum absolute atomic E-state index is 6.49. The number of imidazole rings is 1. The van der Waals surface area contributed by atoms with E-state index in [9.17, 15) is 0 Å².